The number of halogens is 2. The van der Waals surface area contributed by atoms with E-state index in [1.165, 1.54) is 0 Å². The zero-order valence-electron chi connectivity index (χ0n) is 19.5. The number of benzene rings is 2. The van der Waals surface area contributed by atoms with Crippen LogP contribution in [0.1, 0.15) is 37.3 Å². The zero-order chi connectivity index (χ0) is 25.3. The molecule has 1 unspecified atom stereocenters. The van der Waals surface area contributed by atoms with E-state index < -0.39 is 48.8 Å². The van der Waals surface area contributed by atoms with Gasteiger partial charge in [0.1, 0.15) is 18.6 Å². The van der Waals surface area contributed by atoms with Gasteiger partial charge in [0.2, 0.25) is 5.91 Å². The minimum atomic E-state index is -3.39. The Morgan fingerprint density at radius 2 is 1.66 bits per heavy atom. The van der Waals surface area contributed by atoms with Crippen molar-refractivity contribution in [3.05, 3.63) is 59.7 Å². The van der Waals surface area contributed by atoms with Crippen LogP contribution in [0, 0.1) is 11.8 Å². The van der Waals surface area contributed by atoms with Gasteiger partial charge in [0.05, 0.1) is 0 Å². The maximum atomic E-state index is 14.0. The molecule has 0 saturated carbocycles. The van der Waals surface area contributed by atoms with Crippen molar-refractivity contribution in [2.24, 2.45) is 11.8 Å². The molecule has 2 amide bonds. The normalized spacial score (nSPS) is 19.6. The van der Waals surface area contributed by atoms with Gasteiger partial charge in [0, 0.05) is 25.4 Å². The van der Waals surface area contributed by atoms with E-state index in [9.17, 15) is 28.3 Å². The second-order valence-corrected chi connectivity index (χ2v) is 9.38. The van der Waals surface area contributed by atoms with Gasteiger partial charge in [-0.05, 0) is 28.2 Å². The lowest BCUT2D eigenvalue weighted by Crippen LogP contribution is -2.58. The van der Waals surface area contributed by atoms with Crippen molar-refractivity contribution in [3.63, 3.8) is 0 Å². The summed E-state index contributed by atoms with van der Waals surface area (Å²) < 4.78 is 33.5. The Hall–Kier alpha value is -3.49. The summed E-state index contributed by atoms with van der Waals surface area (Å²) in [5.74, 6) is -8.15. The van der Waals surface area contributed by atoms with Gasteiger partial charge in [-0.1, -0.05) is 62.4 Å². The van der Waals surface area contributed by atoms with Gasteiger partial charge < -0.3 is 20.1 Å². The number of fused-ring (bicyclic) bond motifs is 3. The summed E-state index contributed by atoms with van der Waals surface area (Å²) in [6, 6.07) is 14.8. The highest BCUT2D eigenvalue weighted by molar-refractivity contribution is 5.87. The van der Waals surface area contributed by atoms with Crippen LogP contribution in [0.4, 0.5) is 13.6 Å². The number of carboxylic acids is 1. The fourth-order valence-corrected chi connectivity index (χ4v) is 4.84. The van der Waals surface area contributed by atoms with Gasteiger partial charge >= 0.3 is 12.1 Å². The van der Waals surface area contributed by atoms with E-state index in [-0.39, 0.29) is 25.0 Å². The number of alkyl carbamates (subject to hydrolysis) is 1. The number of aliphatic carboxylic acids is 1. The fourth-order valence-electron chi connectivity index (χ4n) is 4.84. The Balaban J connectivity index is 1.42. The number of amides is 2. The number of nitrogens with one attached hydrogen (secondary N) is 1. The van der Waals surface area contributed by atoms with E-state index >= 15 is 0 Å². The number of hydrogen-bond donors (Lipinski definition) is 2. The lowest BCUT2D eigenvalue weighted by Gasteiger charge is -2.38. The highest BCUT2D eigenvalue weighted by Gasteiger charge is 2.50. The SMILES string of the molecule is CC(C)[C@@H](NC(=O)OCC1c2ccccc2-c2ccccc21)C(=O)N1CCC(F)(F)C(C(=O)O)C1. The largest absolute Gasteiger partial charge is 0.481 e. The molecule has 1 fully saturated rings. The van der Waals surface area contributed by atoms with Crippen molar-refractivity contribution < 1.29 is 33.0 Å². The molecule has 2 aromatic rings. The Morgan fingerprint density at radius 3 is 2.20 bits per heavy atom. The molecule has 7 nitrogen and oxygen atoms in total. The predicted molar refractivity (Wildman–Crippen MR) is 124 cm³/mol. The van der Waals surface area contributed by atoms with Crippen molar-refractivity contribution in [2.75, 3.05) is 19.7 Å². The molecule has 0 radical (unpaired) electrons. The van der Waals surface area contributed by atoms with E-state index in [2.05, 4.69) is 5.32 Å². The smallest absolute Gasteiger partial charge is 0.407 e. The van der Waals surface area contributed by atoms with Gasteiger partial charge in [0.15, 0.2) is 0 Å². The third kappa shape index (κ3) is 4.85. The van der Waals surface area contributed by atoms with Crippen LogP contribution in [-0.4, -0.2) is 59.6 Å². The summed E-state index contributed by atoms with van der Waals surface area (Å²) in [5.41, 5.74) is 4.27. The maximum absolute atomic E-state index is 14.0. The molecule has 4 rings (SSSR count). The molecule has 0 bridgehead atoms. The first-order valence-corrected chi connectivity index (χ1v) is 11.6. The summed E-state index contributed by atoms with van der Waals surface area (Å²) in [6.45, 7) is 2.58. The predicted octanol–water partition coefficient (Wildman–Crippen LogP) is 4.12. The molecule has 0 aromatic heterocycles. The topological polar surface area (TPSA) is 95.9 Å². The fraction of sp³-hybridized carbons (Fsp3) is 0.423. The van der Waals surface area contributed by atoms with Crippen molar-refractivity contribution in [3.8, 4) is 11.1 Å². The average molecular weight is 487 g/mol. The number of nitrogens with zero attached hydrogens (tertiary/aromatic N) is 1. The molecule has 35 heavy (non-hydrogen) atoms. The van der Waals surface area contributed by atoms with Crippen molar-refractivity contribution in [1.29, 1.82) is 0 Å². The number of ether oxygens (including phenoxy) is 1. The highest BCUT2D eigenvalue weighted by atomic mass is 19.3. The molecule has 1 saturated heterocycles. The van der Waals surface area contributed by atoms with Gasteiger partial charge in [-0.15, -0.1) is 0 Å². The quantitative estimate of drug-likeness (QED) is 0.641. The van der Waals surface area contributed by atoms with Crippen molar-refractivity contribution >= 4 is 18.0 Å². The second-order valence-electron chi connectivity index (χ2n) is 9.38. The molecule has 9 heteroatoms. The number of likely N-dealkylation sites (tertiary alicyclic amines) is 1. The molecular weight excluding hydrogens is 458 g/mol. The lowest BCUT2D eigenvalue weighted by molar-refractivity contribution is -0.170. The van der Waals surface area contributed by atoms with Crippen molar-refractivity contribution in [2.45, 2.75) is 38.2 Å². The molecule has 2 aromatic carbocycles. The van der Waals surface area contributed by atoms with Crippen LogP contribution in [0.25, 0.3) is 11.1 Å². The van der Waals surface area contributed by atoms with Crippen molar-refractivity contribution in [1.82, 2.24) is 10.2 Å². The number of carbonyl (C=O) groups excluding carboxylic acids is 2. The summed E-state index contributed by atoms with van der Waals surface area (Å²) in [4.78, 5) is 38.1. The molecular formula is C26H28F2N2O5. The highest BCUT2D eigenvalue weighted by Crippen LogP contribution is 2.44. The van der Waals surface area contributed by atoms with Crippen LogP contribution in [0.3, 0.4) is 0 Å². The third-order valence-corrected chi connectivity index (χ3v) is 6.79. The van der Waals surface area contributed by atoms with Crippen LogP contribution < -0.4 is 5.32 Å². The number of carbonyl (C=O) groups is 3. The number of piperidine rings is 1. The first-order valence-electron chi connectivity index (χ1n) is 11.6. The standard InChI is InChI=1S/C26H28F2N2O5/c1-15(2)22(23(31)30-12-11-26(27,28)21(13-30)24(32)33)29-25(34)35-14-20-18-9-5-3-7-16(18)17-8-4-6-10-19(17)20/h3-10,15,20-22H,11-14H2,1-2H3,(H,29,34)(H,32,33)/t21?,22-/m1/s1. The summed E-state index contributed by atoms with van der Waals surface area (Å²) in [7, 11) is 0. The van der Waals surface area contributed by atoms with Crippen LogP contribution in [-0.2, 0) is 14.3 Å². The maximum Gasteiger partial charge on any atom is 0.407 e. The van der Waals surface area contributed by atoms with E-state index in [0.717, 1.165) is 27.2 Å². The van der Waals surface area contributed by atoms with Crippen LogP contribution in [0.2, 0.25) is 0 Å². The molecule has 186 valence electrons. The van der Waals surface area contributed by atoms with E-state index in [4.69, 9.17) is 4.74 Å². The number of alkyl halides is 2. The molecule has 1 aliphatic heterocycles. The van der Waals surface area contributed by atoms with E-state index in [0.29, 0.717) is 0 Å². The Labute approximate surface area is 202 Å². The van der Waals surface area contributed by atoms with Gasteiger partial charge in [-0.25, -0.2) is 13.6 Å². The van der Waals surface area contributed by atoms with Gasteiger partial charge in [-0.3, -0.25) is 9.59 Å². The first kappa shape index (κ1) is 24.6. The Kier molecular flexibility index (Phi) is 6.78. The Bertz CT molecular complexity index is 1090. The molecule has 2 N–H and O–H groups in total. The van der Waals surface area contributed by atoms with Gasteiger partial charge in [0.25, 0.3) is 5.92 Å². The summed E-state index contributed by atoms with van der Waals surface area (Å²) in [5, 5.41) is 11.7. The summed E-state index contributed by atoms with van der Waals surface area (Å²) in [6.07, 6.45) is -1.54. The average Bonchev–Trinajstić information content (AvgIpc) is 3.14. The number of rotatable bonds is 6. The first-order chi connectivity index (χ1) is 16.6. The zero-order valence-corrected chi connectivity index (χ0v) is 19.5. The van der Waals surface area contributed by atoms with Gasteiger partial charge in [-0.2, -0.15) is 0 Å². The Morgan fingerprint density at radius 1 is 1.09 bits per heavy atom. The molecule has 2 atom stereocenters. The summed E-state index contributed by atoms with van der Waals surface area (Å²) >= 11 is 0. The lowest BCUT2D eigenvalue weighted by atomic mass is 9.92. The van der Waals surface area contributed by atoms with E-state index in [1.807, 2.05) is 48.5 Å². The van der Waals surface area contributed by atoms with Crippen LogP contribution >= 0.6 is 0 Å². The molecule has 1 heterocycles. The minimum absolute atomic E-state index is 0.0654. The van der Waals surface area contributed by atoms with E-state index in [1.54, 1.807) is 13.8 Å². The molecule has 0 spiro atoms. The number of hydrogen-bond acceptors (Lipinski definition) is 4. The monoisotopic (exact) mass is 486 g/mol. The molecule has 1 aliphatic carbocycles. The number of carboxylic acid groups (broad SMARTS) is 1. The molecule has 2 aliphatic rings. The minimum Gasteiger partial charge on any atom is -0.481 e. The van der Waals surface area contributed by atoms with Crippen LogP contribution in [0.5, 0.6) is 0 Å². The second kappa shape index (κ2) is 9.64. The van der Waals surface area contributed by atoms with Crippen LogP contribution in [0.15, 0.2) is 48.5 Å². The third-order valence-electron chi connectivity index (χ3n) is 6.79.